The van der Waals surface area contributed by atoms with E-state index < -0.39 is 0 Å². The zero-order chi connectivity index (χ0) is 25.4. The van der Waals surface area contributed by atoms with Crippen LogP contribution in [-0.2, 0) is 11.3 Å². The molecule has 192 valence electrons. The van der Waals surface area contributed by atoms with E-state index in [0.717, 1.165) is 67.3 Å². The number of aromatic nitrogens is 4. The van der Waals surface area contributed by atoms with Crippen molar-refractivity contribution in [3.05, 3.63) is 46.8 Å². The summed E-state index contributed by atoms with van der Waals surface area (Å²) in [6, 6.07) is 8.96. The number of hydrogen-bond donors (Lipinski definition) is 2. The fraction of sp³-hybridized carbons (Fsp3) is 0.538. The Labute approximate surface area is 216 Å². The number of nitrogens with one attached hydrogen (secondary N) is 2. The van der Waals surface area contributed by atoms with E-state index in [4.69, 9.17) is 32.1 Å². The van der Waals surface area contributed by atoms with E-state index >= 15 is 0 Å². The average Bonchev–Trinajstić information content (AvgIpc) is 3.53. The van der Waals surface area contributed by atoms with E-state index in [-0.39, 0.29) is 23.8 Å². The molecule has 2 aliphatic heterocycles. The van der Waals surface area contributed by atoms with Crippen molar-refractivity contribution in [2.75, 3.05) is 24.6 Å². The zero-order valence-corrected chi connectivity index (χ0v) is 21.9. The van der Waals surface area contributed by atoms with Crippen LogP contribution in [0.1, 0.15) is 51.6 Å². The molecule has 5 rings (SSSR count). The van der Waals surface area contributed by atoms with Crippen molar-refractivity contribution in [2.45, 2.75) is 70.8 Å². The molecule has 36 heavy (non-hydrogen) atoms. The number of fused-ring (bicyclic) bond motifs is 1. The first-order chi connectivity index (χ1) is 17.4. The maximum atomic E-state index is 8.60. The summed E-state index contributed by atoms with van der Waals surface area (Å²) in [5.41, 5.74) is 2.77. The van der Waals surface area contributed by atoms with Crippen molar-refractivity contribution in [3.8, 4) is 0 Å². The fourth-order valence-corrected chi connectivity index (χ4v) is 5.91. The van der Waals surface area contributed by atoms with Crippen molar-refractivity contribution in [3.63, 3.8) is 0 Å². The van der Waals surface area contributed by atoms with Crippen molar-refractivity contribution >= 4 is 34.9 Å². The lowest BCUT2D eigenvalue weighted by Gasteiger charge is -2.48. The molecule has 4 atom stereocenters. The molecule has 0 radical (unpaired) electrons. The van der Waals surface area contributed by atoms with Gasteiger partial charge in [0, 0.05) is 42.8 Å². The van der Waals surface area contributed by atoms with Gasteiger partial charge in [0.2, 0.25) is 5.62 Å². The SMILES string of the molecule is CC[C@@H](c1ccc(Cl)cc1)N1C[C@H](C)N(c2nc(=N)n(C=N)c3c2ncn3C[C@@H]2CCCO2)C[C@H]1C. The molecule has 2 aromatic heterocycles. The fourth-order valence-electron chi connectivity index (χ4n) is 5.79. The first kappa shape index (κ1) is 24.9. The van der Waals surface area contributed by atoms with Gasteiger partial charge in [-0.25, -0.2) is 4.98 Å². The first-order valence-electron chi connectivity index (χ1n) is 12.8. The van der Waals surface area contributed by atoms with Gasteiger partial charge in [0.05, 0.1) is 25.3 Å². The summed E-state index contributed by atoms with van der Waals surface area (Å²) in [7, 11) is 0. The molecule has 2 fully saturated rings. The quantitative estimate of drug-likeness (QED) is 0.369. The summed E-state index contributed by atoms with van der Waals surface area (Å²) in [6.07, 6.45) is 6.17. The van der Waals surface area contributed by atoms with Gasteiger partial charge in [-0.3, -0.25) is 20.3 Å². The minimum atomic E-state index is 0.0384. The van der Waals surface area contributed by atoms with Gasteiger partial charge in [0.25, 0.3) is 0 Å². The maximum absolute atomic E-state index is 8.60. The highest BCUT2D eigenvalue weighted by atomic mass is 35.5. The highest BCUT2D eigenvalue weighted by Crippen LogP contribution is 2.33. The Hall–Kier alpha value is -2.75. The average molecular weight is 511 g/mol. The van der Waals surface area contributed by atoms with Crippen LogP contribution >= 0.6 is 11.6 Å². The highest BCUT2D eigenvalue weighted by Gasteiger charge is 2.35. The van der Waals surface area contributed by atoms with Crippen LogP contribution in [0.4, 0.5) is 5.82 Å². The Morgan fingerprint density at radius 1 is 1.19 bits per heavy atom. The minimum Gasteiger partial charge on any atom is -0.376 e. The summed E-state index contributed by atoms with van der Waals surface area (Å²) >= 11 is 6.14. The van der Waals surface area contributed by atoms with Crippen LogP contribution in [0, 0.1) is 10.8 Å². The van der Waals surface area contributed by atoms with Gasteiger partial charge in [-0.2, -0.15) is 4.98 Å². The maximum Gasteiger partial charge on any atom is 0.231 e. The normalized spacial score (nSPS) is 23.9. The third kappa shape index (κ3) is 4.55. The van der Waals surface area contributed by atoms with E-state index in [2.05, 4.69) is 47.7 Å². The van der Waals surface area contributed by atoms with E-state index in [9.17, 15) is 0 Å². The molecule has 1 aromatic carbocycles. The van der Waals surface area contributed by atoms with Crippen LogP contribution in [0.3, 0.4) is 0 Å². The van der Waals surface area contributed by atoms with Gasteiger partial charge < -0.3 is 14.2 Å². The number of halogens is 1. The molecular formula is C26H35ClN8O. The van der Waals surface area contributed by atoms with Crippen LogP contribution in [0.25, 0.3) is 11.2 Å². The topological polar surface area (TPSA) is 99.0 Å². The smallest absolute Gasteiger partial charge is 0.231 e. The van der Waals surface area contributed by atoms with Crippen LogP contribution in [-0.4, -0.2) is 68.2 Å². The second-order valence-electron chi connectivity index (χ2n) is 9.99. The Balaban J connectivity index is 1.47. The van der Waals surface area contributed by atoms with Crippen molar-refractivity contribution in [2.24, 2.45) is 0 Å². The molecule has 9 nitrogen and oxygen atoms in total. The Bertz CT molecular complexity index is 1280. The predicted octanol–water partition coefficient (Wildman–Crippen LogP) is 4.05. The second-order valence-corrected chi connectivity index (χ2v) is 10.4. The summed E-state index contributed by atoms with van der Waals surface area (Å²) < 4.78 is 9.35. The molecule has 0 spiro atoms. The summed E-state index contributed by atoms with van der Waals surface area (Å²) in [6.45, 7) is 9.79. The lowest BCUT2D eigenvalue weighted by molar-refractivity contribution is 0.0977. The van der Waals surface area contributed by atoms with Crippen LogP contribution < -0.4 is 10.5 Å². The number of ether oxygens (including phenoxy) is 1. The monoisotopic (exact) mass is 510 g/mol. The molecule has 4 heterocycles. The summed E-state index contributed by atoms with van der Waals surface area (Å²) in [4.78, 5) is 14.2. The van der Waals surface area contributed by atoms with Gasteiger partial charge in [0.15, 0.2) is 11.5 Å². The summed E-state index contributed by atoms with van der Waals surface area (Å²) in [5.74, 6) is 0.720. The second kappa shape index (κ2) is 10.3. The summed E-state index contributed by atoms with van der Waals surface area (Å²) in [5, 5.41) is 17.3. The molecule has 0 bridgehead atoms. The van der Waals surface area contributed by atoms with Crippen molar-refractivity contribution in [1.82, 2.24) is 24.0 Å². The van der Waals surface area contributed by atoms with Gasteiger partial charge >= 0.3 is 0 Å². The molecular weight excluding hydrogens is 476 g/mol. The van der Waals surface area contributed by atoms with E-state index in [1.165, 1.54) is 10.1 Å². The Morgan fingerprint density at radius 3 is 2.64 bits per heavy atom. The van der Waals surface area contributed by atoms with E-state index in [1.807, 2.05) is 16.7 Å². The third-order valence-corrected chi connectivity index (χ3v) is 7.84. The molecule has 0 amide bonds. The molecule has 2 aliphatic rings. The number of rotatable bonds is 7. The number of nitrogens with zero attached hydrogens (tertiary/aromatic N) is 6. The first-order valence-corrected chi connectivity index (χ1v) is 13.2. The van der Waals surface area contributed by atoms with Crippen molar-refractivity contribution < 1.29 is 4.74 Å². The predicted molar refractivity (Wildman–Crippen MR) is 142 cm³/mol. The number of anilines is 1. The number of hydrogen-bond acceptors (Lipinski definition) is 7. The van der Waals surface area contributed by atoms with Gasteiger partial charge in [-0.1, -0.05) is 30.7 Å². The number of piperazine rings is 1. The third-order valence-electron chi connectivity index (χ3n) is 7.59. The highest BCUT2D eigenvalue weighted by molar-refractivity contribution is 6.30. The van der Waals surface area contributed by atoms with E-state index in [1.54, 1.807) is 6.33 Å². The number of imidazole rings is 1. The Morgan fingerprint density at radius 2 is 1.97 bits per heavy atom. The largest absolute Gasteiger partial charge is 0.376 e. The molecule has 2 saturated heterocycles. The molecule has 0 aliphatic carbocycles. The van der Waals surface area contributed by atoms with Crippen molar-refractivity contribution in [1.29, 1.82) is 10.8 Å². The van der Waals surface area contributed by atoms with Gasteiger partial charge in [0.1, 0.15) is 5.52 Å². The standard InChI is InChI=1S/C26H35ClN8O/c1-4-22(19-7-9-20(27)10-8-19)33-12-18(3)34(13-17(33)2)24-23-25(35(15-28)26(29)31-24)32(16-30-23)14-21-6-5-11-36-21/h7-10,15-18,21-22,28-29H,4-6,11-14H2,1-3H3/t17-,18+,21+,22+/m1/s1. The van der Waals surface area contributed by atoms with Crippen LogP contribution in [0.15, 0.2) is 30.6 Å². The Kier molecular flexibility index (Phi) is 7.14. The van der Waals surface area contributed by atoms with Crippen LogP contribution in [0.2, 0.25) is 5.02 Å². The molecule has 10 heteroatoms. The lowest BCUT2D eigenvalue weighted by Crippen LogP contribution is -2.57. The van der Waals surface area contributed by atoms with Gasteiger partial charge in [-0.05, 0) is 50.8 Å². The minimum absolute atomic E-state index is 0.0384. The molecule has 3 aromatic rings. The molecule has 2 N–H and O–H groups in total. The van der Waals surface area contributed by atoms with Gasteiger partial charge in [-0.15, -0.1) is 0 Å². The van der Waals surface area contributed by atoms with Crippen LogP contribution in [0.5, 0.6) is 0 Å². The molecule has 0 unspecified atom stereocenters. The van der Waals surface area contributed by atoms with E-state index in [0.29, 0.717) is 12.6 Å². The molecule has 0 saturated carbocycles. The zero-order valence-electron chi connectivity index (χ0n) is 21.2. The number of benzene rings is 1. The lowest BCUT2D eigenvalue weighted by atomic mass is 9.97.